The summed E-state index contributed by atoms with van der Waals surface area (Å²) in [5.41, 5.74) is 5.33. The second kappa shape index (κ2) is 6.76. The number of nitrogens with zero attached hydrogens (tertiary/aromatic N) is 2. The fraction of sp³-hybridized carbons (Fsp3) is 0.211. The molecule has 0 bridgehead atoms. The third-order valence-corrected chi connectivity index (χ3v) is 3.86. The lowest BCUT2D eigenvalue weighted by molar-refractivity contribution is -0.127. The van der Waals surface area contributed by atoms with Gasteiger partial charge in [-0.25, -0.2) is 14.8 Å². The summed E-state index contributed by atoms with van der Waals surface area (Å²) in [5.74, 6) is -0.409. The standard InChI is InChI=1S/C19H19N3O3/c1-12-9-10-16(13(2)11-12)25-19(24)17-20-14(3)18(23)22(21-17)15-7-5-4-6-8-15/h4-11,14H,1-3H3,(H,20,21)/t14-/m0/s1. The van der Waals surface area contributed by atoms with Crippen LogP contribution >= 0.6 is 0 Å². The lowest BCUT2D eigenvalue weighted by Crippen LogP contribution is -2.56. The van der Waals surface area contributed by atoms with Crippen LogP contribution in [-0.4, -0.2) is 23.8 Å². The van der Waals surface area contributed by atoms with E-state index in [1.54, 1.807) is 25.1 Å². The van der Waals surface area contributed by atoms with Crippen molar-refractivity contribution in [2.45, 2.75) is 26.8 Å². The van der Waals surface area contributed by atoms with Crippen molar-refractivity contribution in [3.05, 3.63) is 59.7 Å². The predicted octanol–water partition coefficient (Wildman–Crippen LogP) is 2.55. The van der Waals surface area contributed by atoms with Crippen molar-refractivity contribution in [2.75, 3.05) is 5.01 Å². The molecule has 1 N–H and O–H groups in total. The minimum atomic E-state index is -0.678. The van der Waals surface area contributed by atoms with Crippen molar-refractivity contribution >= 4 is 23.4 Å². The molecule has 2 aromatic carbocycles. The Kier molecular flexibility index (Phi) is 4.52. The maximum Gasteiger partial charge on any atom is 0.380 e. The summed E-state index contributed by atoms with van der Waals surface area (Å²) in [4.78, 5) is 29.0. The van der Waals surface area contributed by atoms with E-state index in [0.717, 1.165) is 11.1 Å². The monoisotopic (exact) mass is 337 g/mol. The fourth-order valence-corrected chi connectivity index (χ4v) is 2.55. The first-order chi connectivity index (χ1) is 12.0. The van der Waals surface area contributed by atoms with Crippen LogP contribution < -0.4 is 15.2 Å². The summed E-state index contributed by atoms with van der Waals surface area (Å²) in [7, 11) is 0. The van der Waals surface area contributed by atoms with Gasteiger partial charge in [0, 0.05) is 0 Å². The summed E-state index contributed by atoms with van der Waals surface area (Å²) in [6.45, 7) is 5.48. The van der Waals surface area contributed by atoms with Gasteiger partial charge in [0.25, 0.3) is 5.91 Å². The first-order valence-corrected chi connectivity index (χ1v) is 7.98. The first kappa shape index (κ1) is 16.7. The number of esters is 1. The molecule has 1 aliphatic rings. The van der Waals surface area contributed by atoms with E-state index in [1.807, 2.05) is 44.2 Å². The van der Waals surface area contributed by atoms with E-state index in [2.05, 4.69) is 10.4 Å². The van der Waals surface area contributed by atoms with Crippen LogP contribution in [-0.2, 0) is 9.59 Å². The van der Waals surface area contributed by atoms with Crippen LogP contribution in [0.3, 0.4) is 0 Å². The maximum atomic E-state index is 12.5. The lowest BCUT2D eigenvalue weighted by atomic mass is 10.1. The van der Waals surface area contributed by atoms with E-state index in [4.69, 9.17) is 4.74 Å². The van der Waals surface area contributed by atoms with Crippen molar-refractivity contribution < 1.29 is 14.3 Å². The quantitative estimate of drug-likeness (QED) is 0.690. The molecule has 6 nitrogen and oxygen atoms in total. The Morgan fingerprint density at radius 2 is 1.88 bits per heavy atom. The van der Waals surface area contributed by atoms with E-state index < -0.39 is 12.0 Å². The van der Waals surface area contributed by atoms with Crippen LogP contribution in [0.1, 0.15) is 18.1 Å². The second-order valence-corrected chi connectivity index (χ2v) is 5.93. The van der Waals surface area contributed by atoms with Crippen molar-refractivity contribution in [2.24, 2.45) is 4.99 Å². The highest BCUT2D eigenvalue weighted by Crippen LogP contribution is 2.20. The molecule has 0 saturated carbocycles. The van der Waals surface area contributed by atoms with Gasteiger partial charge in [-0.15, -0.1) is 0 Å². The zero-order valence-electron chi connectivity index (χ0n) is 14.3. The smallest absolute Gasteiger partial charge is 0.380 e. The molecule has 0 saturated heterocycles. The molecule has 2 aromatic rings. The number of amidine groups is 1. The van der Waals surface area contributed by atoms with Crippen molar-refractivity contribution in [3.8, 4) is 5.75 Å². The molecular weight excluding hydrogens is 318 g/mol. The Labute approximate surface area is 146 Å². The third-order valence-electron chi connectivity index (χ3n) is 3.86. The van der Waals surface area contributed by atoms with Gasteiger partial charge in [-0.1, -0.05) is 35.9 Å². The van der Waals surface area contributed by atoms with Gasteiger partial charge >= 0.3 is 5.97 Å². The Balaban J connectivity index is 1.82. The molecular formula is C19H19N3O3. The van der Waals surface area contributed by atoms with Crippen LogP contribution in [0.15, 0.2) is 53.5 Å². The molecule has 0 radical (unpaired) electrons. The topological polar surface area (TPSA) is 71.0 Å². The average Bonchev–Trinajstić information content (AvgIpc) is 2.60. The molecule has 0 unspecified atom stereocenters. The highest BCUT2D eigenvalue weighted by molar-refractivity contribution is 6.37. The van der Waals surface area contributed by atoms with Gasteiger partial charge in [-0.2, -0.15) is 0 Å². The van der Waals surface area contributed by atoms with Crippen molar-refractivity contribution in [1.29, 1.82) is 0 Å². The molecule has 1 aliphatic heterocycles. The van der Waals surface area contributed by atoms with Gasteiger partial charge in [0.1, 0.15) is 11.8 Å². The number of para-hydroxylation sites is 1. The maximum absolute atomic E-state index is 12.5. The van der Waals surface area contributed by atoms with Crippen LogP contribution in [0.5, 0.6) is 5.75 Å². The lowest BCUT2D eigenvalue weighted by Gasteiger charge is -2.30. The van der Waals surface area contributed by atoms with E-state index >= 15 is 0 Å². The molecule has 3 rings (SSSR count). The van der Waals surface area contributed by atoms with Crippen LogP contribution in [0, 0.1) is 13.8 Å². The third kappa shape index (κ3) is 3.52. The van der Waals surface area contributed by atoms with E-state index in [1.165, 1.54) is 5.01 Å². The summed E-state index contributed by atoms with van der Waals surface area (Å²) in [6.07, 6.45) is 0. The number of nitrogens with one attached hydrogen (secondary N) is 1. The number of amides is 1. The summed E-state index contributed by atoms with van der Waals surface area (Å²) in [6, 6.07) is 13.9. The zero-order valence-corrected chi connectivity index (χ0v) is 14.3. The van der Waals surface area contributed by atoms with Crippen LogP contribution in [0.2, 0.25) is 0 Å². The number of aliphatic imine (C=N–C) groups is 1. The van der Waals surface area contributed by atoms with Gasteiger partial charge in [-0.05, 0) is 44.5 Å². The molecule has 0 spiro atoms. The van der Waals surface area contributed by atoms with Gasteiger partial charge in [0.15, 0.2) is 0 Å². The SMILES string of the molecule is Cc1ccc(OC(=O)C2=N[C@@H](C)C(=O)N(c3ccccc3)N2)c(C)c1. The number of ether oxygens (including phenoxy) is 1. The summed E-state index contributed by atoms with van der Waals surface area (Å²) < 4.78 is 5.44. The van der Waals surface area contributed by atoms with Gasteiger partial charge in [-0.3, -0.25) is 10.2 Å². The molecule has 0 aromatic heterocycles. The molecule has 0 aliphatic carbocycles. The van der Waals surface area contributed by atoms with Gasteiger partial charge in [0.05, 0.1) is 5.69 Å². The summed E-state index contributed by atoms with van der Waals surface area (Å²) >= 11 is 0. The number of rotatable bonds is 3. The Bertz CT molecular complexity index is 846. The minimum Gasteiger partial charge on any atom is -0.420 e. The number of hydrazine groups is 1. The predicted molar refractivity (Wildman–Crippen MR) is 95.5 cm³/mol. The molecule has 6 heteroatoms. The second-order valence-electron chi connectivity index (χ2n) is 5.93. The number of anilines is 1. The molecule has 0 fully saturated rings. The van der Waals surface area contributed by atoms with Gasteiger partial charge < -0.3 is 4.74 Å². The molecule has 128 valence electrons. The number of hydrogen-bond donors (Lipinski definition) is 1. The number of carbonyl (C=O) groups excluding carboxylic acids is 2. The molecule has 1 amide bonds. The highest BCUT2D eigenvalue weighted by Gasteiger charge is 2.31. The fourth-order valence-electron chi connectivity index (χ4n) is 2.55. The van der Waals surface area contributed by atoms with E-state index in [9.17, 15) is 9.59 Å². The molecule has 25 heavy (non-hydrogen) atoms. The van der Waals surface area contributed by atoms with Crippen molar-refractivity contribution in [3.63, 3.8) is 0 Å². The normalized spacial score (nSPS) is 16.9. The molecule has 1 heterocycles. The van der Waals surface area contributed by atoms with E-state index in [-0.39, 0.29) is 11.7 Å². The van der Waals surface area contributed by atoms with Crippen molar-refractivity contribution in [1.82, 2.24) is 5.43 Å². The number of carbonyl (C=O) groups is 2. The Hall–Kier alpha value is -3.15. The Morgan fingerprint density at radius 3 is 2.56 bits per heavy atom. The van der Waals surface area contributed by atoms with E-state index in [0.29, 0.717) is 11.4 Å². The number of hydrogen-bond acceptors (Lipinski definition) is 5. The number of aryl methyl sites for hydroxylation is 2. The first-order valence-electron chi connectivity index (χ1n) is 7.98. The zero-order chi connectivity index (χ0) is 18.0. The van der Waals surface area contributed by atoms with Gasteiger partial charge in [0.2, 0.25) is 5.84 Å². The summed E-state index contributed by atoms with van der Waals surface area (Å²) in [5, 5.41) is 1.32. The highest BCUT2D eigenvalue weighted by atomic mass is 16.5. The minimum absolute atomic E-state index is 0.00377. The largest absolute Gasteiger partial charge is 0.420 e. The van der Waals surface area contributed by atoms with Crippen LogP contribution in [0.25, 0.3) is 0 Å². The van der Waals surface area contributed by atoms with Crippen LogP contribution in [0.4, 0.5) is 5.69 Å². The number of benzene rings is 2. The molecule has 1 atom stereocenters. The average molecular weight is 337 g/mol. The Morgan fingerprint density at radius 1 is 1.16 bits per heavy atom.